The molecule has 0 spiro atoms. The van der Waals surface area contributed by atoms with Crippen molar-refractivity contribution in [1.29, 1.82) is 0 Å². The number of carbonyl (C=O) groups is 2. The van der Waals surface area contributed by atoms with E-state index in [0.29, 0.717) is 0 Å². The fourth-order valence-corrected chi connectivity index (χ4v) is 2.62. The highest BCUT2D eigenvalue weighted by atomic mass is 32.2. The van der Waals surface area contributed by atoms with E-state index in [4.69, 9.17) is 10.2 Å². The first-order valence-corrected chi connectivity index (χ1v) is 6.37. The summed E-state index contributed by atoms with van der Waals surface area (Å²) in [4.78, 5) is 20.8. The summed E-state index contributed by atoms with van der Waals surface area (Å²) >= 11 is 0. The molecule has 0 atom stereocenters. The van der Waals surface area contributed by atoms with Crippen LogP contribution in [0.25, 0.3) is 0 Å². The summed E-state index contributed by atoms with van der Waals surface area (Å²) in [5, 5.41) is 17.2. The van der Waals surface area contributed by atoms with E-state index in [1.807, 2.05) is 0 Å². The standard InChI is InChI=1S/C10H10FNO6S/c11-7-1-3-8(4-2-7)19(17,18)12(5-9(13)14)6-10(15)16/h1-4H,5-6H2,(H,13,14)(H,15,16). The lowest BCUT2D eigenvalue weighted by molar-refractivity contribution is -0.139. The number of benzene rings is 1. The summed E-state index contributed by atoms with van der Waals surface area (Å²) in [5.41, 5.74) is 0. The van der Waals surface area contributed by atoms with Gasteiger partial charge in [0.25, 0.3) is 0 Å². The third kappa shape index (κ3) is 4.00. The van der Waals surface area contributed by atoms with Crippen LogP contribution in [0.3, 0.4) is 0 Å². The molecule has 7 nitrogen and oxygen atoms in total. The van der Waals surface area contributed by atoms with Gasteiger partial charge in [0.15, 0.2) is 0 Å². The van der Waals surface area contributed by atoms with E-state index in [1.54, 1.807) is 0 Å². The Hall–Kier alpha value is -2.00. The molecule has 0 aromatic heterocycles. The molecule has 19 heavy (non-hydrogen) atoms. The molecule has 0 aliphatic rings. The van der Waals surface area contributed by atoms with Gasteiger partial charge in [-0.15, -0.1) is 0 Å². The Bertz CT molecular complexity index is 567. The second kappa shape index (κ2) is 5.76. The third-order valence-electron chi connectivity index (χ3n) is 2.07. The number of nitrogens with zero attached hydrogens (tertiary/aromatic N) is 1. The zero-order valence-corrected chi connectivity index (χ0v) is 10.3. The van der Waals surface area contributed by atoms with Crippen LogP contribution in [0.1, 0.15) is 0 Å². The predicted molar refractivity (Wildman–Crippen MR) is 60.4 cm³/mol. The maximum atomic E-state index is 12.7. The van der Waals surface area contributed by atoms with Gasteiger partial charge in [-0.1, -0.05) is 0 Å². The molecule has 0 saturated heterocycles. The van der Waals surface area contributed by atoms with Crippen molar-refractivity contribution in [2.75, 3.05) is 13.1 Å². The number of rotatable bonds is 6. The normalized spacial score (nSPS) is 11.5. The van der Waals surface area contributed by atoms with Crippen LogP contribution in [-0.4, -0.2) is 48.0 Å². The van der Waals surface area contributed by atoms with E-state index in [-0.39, 0.29) is 9.20 Å². The lowest BCUT2D eigenvalue weighted by Gasteiger charge is -2.18. The predicted octanol–water partition coefficient (Wildman–Crippen LogP) is -0.0144. The number of hydrogen-bond donors (Lipinski definition) is 2. The second-order valence-corrected chi connectivity index (χ2v) is 5.45. The van der Waals surface area contributed by atoms with E-state index in [2.05, 4.69) is 0 Å². The first-order chi connectivity index (χ1) is 8.73. The van der Waals surface area contributed by atoms with Gasteiger partial charge in [0.05, 0.1) is 4.90 Å². The summed E-state index contributed by atoms with van der Waals surface area (Å²) in [6.45, 7) is -1.99. The summed E-state index contributed by atoms with van der Waals surface area (Å²) in [7, 11) is -4.30. The van der Waals surface area contributed by atoms with Crippen LogP contribution >= 0.6 is 0 Å². The van der Waals surface area contributed by atoms with Crippen molar-refractivity contribution < 1.29 is 32.6 Å². The Morgan fingerprint density at radius 2 is 1.47 bits per heavy atom. The fraction of sp³-hybridized carbons (Fsp3) is 0.200. The Balaban J connectivity index is 3.14. The average Bonchev–Trinajstić information content (AvgIpc) is 2.27. The van der Waals surface area contributed by atoms with Gasteiger partial charge in [-0.3, -0.25) is 9.59 Å². The lowest BCUT2D eigenvalue weighted by Crippen LogP contribution is -2.39. The van der Waals surface area contributed by atoms with E-state index < -0.39 is 40.9 Å². The first kappa shape index (κ1) is 15.1. The molecule has 0 radical (unpaired) electrons. The molecule has 0 heterocycles. The molecule has 0 saturated carbocycles. The highest BCUT2D eigenvalue weighted by Crippen LogP contribution is 2.15. The SMILES string of the molecule is O=C(O)CN(CC(=O)O)S(=O)(=O)c1ccc(F)cc1. The zero-order chi connectivity index (χ0) is 14.6. The Labute approximate surface area is 107 Å². The van der Waals surface area contributed by atoms with Gasteiger partial charge in [-0.2, -0.15) is 4.31 Å². The zero-order valence-electron chi connectivity index (χ0n) is 9.48. The van der Waals surface area contributed by atoms with Gasteiger partial charge in [0.1, 0.15) is 18.9 Å². The molecule has 0 unspecified atom stereocenters. The van der Waals surface area contributed by atoms with E-state index in [0.717, 1.165) is 24.3 Å². The van der Waals surface area contributed by atoms with Crippen LogP contribution in [0.15, 0.2) is 29.2 Å². The molecule has 2 N–H and O–H groups in total. The molecule has 0 aliphatic heterocycles. The molecule has 104 valence electrons. The van der Waals surface area contributed by atoms with Crippen molar-refractivity contribution in [3.63, 3.8) is 0 Å². The van der Waals surface area contributed by atoms with Gasteiger partial charge in [-0.05, 0) is 24.3 Å². The van der Waals surface area contributed by atoms with E-state index >= 15 is 0 Å². The van der Waals surface area contributed by atoms with Crippen molar-refractivity contribution >= 4 is 22.0 Å². The largest absolute Gasteiger partial charge is 0.480 e. The second-order valence-electron chi connectivity index (χ2n) is 3.51. The lowest BCUT2D eigenvalue weighted by atomic mass is 10.4. The number of carboxylic acids is 2. The summed E-state index contributed by atoms with van der Waals surface area (Å²) < 4.78 is 37.0. The summed E-state index contributed by atoms with van der Waals surface area (Å²) in [6.07, 6.45) is 0. The molecule has 0 amide bonds. The number of halogens is 1. The highest BCUT2D eigenvalue weighted by molar-refractivity contribution is 7.89. The Morgan fingerprint density at radius 1 is 1.05 bits per heavy atom. The average molecular weight is 291 g/mol. The van der Waals surface area contributed by atoms with Crippen LogP contribution in [0, 0.1) is 5.82 Å². The van der Waals surface area contributed by atoms with Gasteiger partial charge in [0.2, 0.25) is 10.0 Å². The van der Waals surface area contributed by atoms with Crippen molar-refractivity contribution in [3.8, 4) is 0 Å². The van der Waals surface area contributed by atoms with Crippen LogP contribution in [0.4, 0.5) is 4.39 Å². The number of aliphatic carboxylic acids is 2. The Kier molecular flexibility index (Phi) is 4.57. The monoisotopic (exact) mass is 291 g/mol. The maximum absolute atomic E-state index is 12.7. The van der Waals surface area contributed by atoms with Crippen molar-refractivity contribution in [3.05, 3.63) is 30.1 Å². The van der Waals surface area contributed by atoms with Crippen LogP contribution in [0.5, 0.6) is 0 Å². The molecule has 0 fully saturated rings. The molecule has 1 aromatic rings. The van der Waals surface area contributed by atoms with Crippen molar-refractivity contribution in [2.45, 2.75) is 4.90 Å². The van der Waals surface area contributed by atoms with Crippen LogP contribution < -0.4 is 0 Å². The summed E-state index contributed by atoms with van der Waals surface area (Å²) in [5.74, 6) is -3.65. The molecule has 0 bridgehead atoms. The molecule has 1 aromatic carbocycles. The molecular weight excluding hydrogens is 281 g/mol. The van der Waals surface area contributed by atoms with Crippen molar-refractivity contribution in [2.24, 2.45) is 0 Å². The molecule has 1 rings (SSSR count). The minimum absolute atomic E-state index is 0.283. The minimum Gasteiger partial charge on any atom is -0.480 e. The van der Waals surface area contributed by atoms with Gasteiger partial charge >= 0.3 is 11.9 Å². The quantitative estimate of drug-likeness (QED) is 0.762. The van der Waals surface area contributed by atoms with E-state index in [1.165, 1.54) is 0 Å². The smallest absolute Gasteiger partial charge is 0.318 e. The number of carboxylic acid groups (broad SMARTS) is 2. The minimum atomic E-state index is -4.30. The summed E-state index contributed by atoms with van der Waals surface area (Å²) in [6, 6.07) is 3.63. The maximum Gasteiger partial charge on any atom is 0.318 e. The topological polar surface area (TPSA) is 112 Å². The highest BCUT2D eigenvalue weighted by Gasteiger charge is 2.28. The fourth-order valence-electron chi connectivity index (χ4n) is 1.28. The van der Waals surface area contributed by atoms with Crippen LogP contribution in [-0.2, 0) is 19.6 Å². The van der Waals surface area contributed by atoms with Gasteiger partial charge in [0, 0.05) is 0 Å². The number of sulfonamides is 1. The van der Waals surface area contributed by atoms with Gasteiger partial charge < -0.3 is 10.2 Å². The molecular formula is C10H10FNO6S. The van der Waals surface area contributed by atoms with Crippen LogP contribution in [0.2, 0.25) is 0 Å². The third-order valence-corrected chi connectivity index (χ3v) is 3.88. The Morgan fingerprint density at radius 3 is 1.84 bits per heavy atom. The van der Waals surface area contributed by atoms with E-state index in [9.17, 15) is 22.4 Å². The molecule has 9 heteroatoms. The van der Waals surface area contributed by atoms with Gasteiger partial charge in [-0.25, -0.2) is 12.8 Å². The van der Waals surface area contributed by atoms with Crippen molar-refractivity contribution in [1.82, 2.24) is 4.31 Å². The molecule has 0 aliphatic carbocycles. The number of hydrogen-bond acceptors (Lipinski definition) is 4. The first-order valence-electron chi connectivity index (χ1n) is 4.93.